The van der Waals surface area contributed by atoms with Crippen molar-refractivity contribution in [2.24, 2.45) is 5.73 Å². The average Bonchev–Trinajstić information content (AvgIpc) is 2.68. The second-order valence-corrected chi connectivity index (χ2v) is 7.31. The Morgan fingerprint density at radius 2 is 2.03 bits per heavy atom. The number of rotatable bonds is 3. The largest absolute Gasteiger partial charge is 0.492 e. The van der Waals surface area contributed by atoms with Gasteiger partial charge in [-0.1, -0.05) is 0 Å². The number of aliphatic hydroxyl groups is 1. The minimum absolute atomic E-state index is 0.0256. The van der Waals surface area contributed by atoms with Crippen LogP contribution in [-0.4, -0.2) is 65.5 Å². The van der Waals surface area contributed by atoms with Crippen molar-refractivity contribution in [3.63, 3.8) is 0 Å². The first-order valence-electron chi connectivity index (χ1n) is 8.52. The Morgan fingerprint density at radius 3 is 2.63 bits per heavy atom. The number of fused-ring (bicyclic) bond motifs is 1. The topological polar surface area (TPSA) is 203 Å². The number of hydrogen-bond donors (Lipinski definition) is 5. The van der Waals surface area contributed by atoms with Crippen molar-refractivity contribution in [1.82, 2.24) is 16.0 Å². The number of ether oxygens (including phenoxy) is 1. The smallest absolute Gasteiger partial charge is 0.271 e. The number of amides is 4. The van der Waals surface area contributed by atoms with E-state index in [9.17, 15) is 34.4 Å². The van der Waals surface area contributed by atoms with E-state index in [0.29, 0.717) is 0 Å². The van der Waals surface area contributed by atoms with Gasteiger partial charge in [-0.25, -0.2) is 0 Å². The molecule has 4 amide bonds. The van der Waals surface area contributed by atoms with Crippen molar-refractivity contribution in [3.8, 4) is 5.75 Å². The number of carbonyl (C=O) groups is 4. The van der Waals surface area contributed by atoms with E-state index < -0.39 is 53.8 Å². The number of carbonyl (C=O) groups excluding carboxylic acids is 4. The van der Waals surface area contributed by atoms with Gasteiger partial charge in [-0.15, -0.1) is 0 Å². The first-order chi connectivity index (χ1) is 14.1. The standard InChI is InChI=1S/C16H18IN5O8/c17-9-4-7(22(28)29)3-8-13(9)30-2-1-10(14(18)25)20-12(24)5-19-16(27)11(6-23)21-15(8)26/h3-4,10-11,23H,1-2,5-6H2,(H2,18,25)(H,19,27)(H,20,24)(H,21,26)/t10-,11-/m0/s1. The highest BCUT2D eigenvalue weighted by Crippen LogP contribution is 2.31. The van der Waals surface area contributed by atoms with E-state index in [-0.39, 0.29) is 33.6 Å². The van der Waals surface area contributed by atoms with Crippen LogP contribution in [0, 0.1) is 13.7 Å². The van der Waals surface area contributed by atoms with Gasteiger partial charge in [0, 0.05) is 18.6 Å². The Kier molecular flexibility index (Phi) is 7.87. The summed E-state index contributed by atoms with van der Waals surface area (Å²) in [6.07, 6.45) is -0.0532. The number of non-ortho nitro benzene ring substituents is 1. The van der Waals surface area contributed by atoms with Crippen LogP contribution in [0.25, 0.3) is 0 Å². The molecule has 0 bridgehead atoms. The predicted molar refractivity (Wildman–Crippen MR) is 108 cm³/mol. The number of nitro benzene ring substituents is 1. The molecular weight excluding hydrogens is 517 g/mol. The molecule has 1 heterocycles. The summed E-state index contributed by atoms with van der Waals surface area (Å²) in [6, 6.07) is -0.401. The fourth-order valence-electron chi connectivity index (χ4n) is 2.53. The third kappa shape index (κ3) is 5.76. The van der Waals surface area contributed by atoms with Gasteiger partial charge in [0.05, 0.1) is 33.8 Å². The number of nitro groups is 1. The SMILES string of the molecule is NC(=O)[C@@H]1CCOc2c(I)cc([N+](=O)[O-])cc2C(=O)N[C@@H](CO)C(=O)NCC(=O)N1. The molecule has 14 heteroatoms. The first kappa shape index (κ1) is 23.3. The van der Waals surface area contributed by atoms with Gasteiger partial charge in [0.25, 0.3) is 11.6 Å². The summed E-state index contributed by atoms with van der Waals surface area (Å²) in [5.74, 6) is -3.36. The molecule has 0 saturated heterocycles. The second-order valence-electron chi connectivity index (χ2n) is 6.15. The number of nitrogens with zero attached hydrogens (tertiary/aromatic N) is 1. The number of hydrogen-bond acceptors (Lipinski definition) is 8. The molecule has 1 aliphatic rings. The Hall–Kier alpha value is -3.01. The molecule has 0 fully saturated rings. The zero-order valence-corrected chi connectivity index (χ0v) is 17.5. The summed E-state index contributed by atoms with van der Waals surface area (Å²) in [6.45, 7) is -1.49. The molecule has 1 aromatic rings. The maximum Gasteiger partial charge on any atom is 0.271 e. The van der Waals surface area contributed by atoms with Crippen LogP contribution < -0.4 is 26.4 Å². The van der Waals surface area contributed by atoms with E-state index in [1.165, 1.54) is 6.07 Å². The van der Waals surface area contributed by atoms with Crippen LogP contribution in [-0.2, 0) is 14.4 Å². The van der Waals surface area contributed by atoms with Crippen LogP contribution in [0.4, 0.5) is 5.69 Å². The van der Waals surface area contributed by atoms with Crippen LogP contribution in [0.2, 0.25) is 0 Å². The van der Waals surface area contributed by atoms with Crippen molar-refractivity contribution in [3.05, 3.63) is 31.4 Å². The lowest BCUT2D eigenvalue weighted by Crippen LogP contribution is -2.53. The van der Waals surface area contributed by atoms with Crippen LogP contribution in [0.1, 0.15) is 16.8 Å². The van der Waals surface area contributed by atoms with Gasteiger partial charge in [0.1, 0.15) is 17.8 Å². The lowest BCUT2D eigenvalue weighted by atomic mass is 10.1. The molecular formula is C16H18IN5O8. The molecule has 0 saturated carbocycles. The molecule has 1 aromatic carbocycles. The Bertz CT molecular complexity index is 893. The predicted octanol–water partition coefficient (Wildman–Crippen LogP) is -1.84. The summed E-state index contributed by atoms with van der Waals surface area (Å²) in [4.78, 5) is 58.8. The molecule has 30 heavy (non-hydrogen) atoms. The zero-order valence-electron chi connectivity index (χ0n) is 15.3. The number of nitrogens with two attached hydrogens (primary N) is 1. The molecule has 2 atom stereocenters. The third-order valence-corrected chi connectivity index (χ3v) is 4.84. The van der Waals surface area contributed by atoms with Gasteiger partial charge >= 0.3 is 0 Å². The van der Waals surface area contributed by atoms with Gasteiger partial charge in [-0.3, -0.25) is 29.3 Å². The van der Waals surface area contributed by atoms with Crippen molar-refractivity contribution in [1.29, 1.82) is 0 Å². The van der Waals surface area contributed by atoms with Crippen LogP contribution >= 0.6 is 22.6 Å². The van der Waals surface area contributed by atoms with Crippen LogP contribution in [0.5, 0.6) is 5.75 Å². The van der Waals surface area contributed by atoms with Gasteiger partial charge in [-0.05, 0) is 22.6 Å². The Balaban J connectivity index is 2.47. The lowest BCUT2D eigenvalue weighted by molar-refractivity contribution is -0.385. The van der Waals surface area contributed by atoms with Gasteiger partial charge in [0.2, 0.25) is 17.7 Å². The molecule has 162 valence electrons. The van der Waals surface area contributed by atoms with E-state index in [1.54, 1.807) is 22.6 Å². The number of primary amides is 1. The molecule has 0 aromatic heterocycles. The minimum atomic E-state index is -1.44. The van der Waals surface area contributed by atoms with E-state index in [1.807, 2.05) is 0 Å². The molecule has 1 aliphatic heterocycles. The summed E-state index contributed by atoms with van der Waals surface area (Å²) in [5, 5.41) is 27.4. The van der Waals surface area contributed by atoms with Gasteiger partial charge < -0.3 is 31.5 Å². The highest BCUT2D eigenvalue weighted by molar-refractivity contribution is 14.1. The summed E-state index contributed by atoms with van der Waals surface area (Å²) >= 11 is 1.74. The van der Waals surface area contributed by atoms with Gasteiger partial charge in [0.15, 0.2) is 0 Å². The number of nitrogens with one attached hydrogen (secondary N) is 3. The van der Waals surface area contributed by atoms with E-state index in [4.69, 9.17) is 10.5 Å². The number of aliphatic hydroxyl groups excluding tert-OH is 1. The Labute approximate surface area is 183 Å². The van der Waals surface area contributed by atoms with E-state index in [0.717, 1.165) is 6.07 Å². The van der Waals surface area contributed by atoms with E-state index in [2.05, 4.69) is 16.0 Å². The van der Waals surface area contributed by atoms with Crippen molar-refractivity contribution in [2.45, 2.75) is 18.5 Å². The fraction of sp³-hybridized carbons (Fsp3) is 0.375. The summed E-state index contributed by atoms with van der Waals surface area (Å²) < 4.78 is 5.79. The zero-order chi connectivity index (χ0) is 22.4. The molecule has 0 radical (unpaired) electrons. The quantitative estimate of drug-likeness (QED) is 0.169. The second kappa shape index (κ2) is 10.1. The highest BCUT2D eigenvalue weighted by atomic mass is 127. The Morgan fingerprint density at radius 1 is 1.33 bits per heavy atom. The average molecular weight is 535 g/mol. The third-order valence-electron chi connectivity index (χ3n) is 4.04. The molecule has 6 N–H and O–H groups in total. The molecule has 13 nitrogen and oxygen atoms in total. The first-order valence-corrected chi connectivity index (χ1v) is 9.60. The molecule has 2 rings (SSSR count). The lowest BCUT2D eigenvalue weighted by Gasteiger charge is -2.21. The molecule has 0 unspecified atom stereocenters. The fourth-order valence-corrected chi connectivity index (χ4v) is 3.30. The number of halogens is 1. The van der Waals surface area contributed by atoms with Crippen LogP contribution in [0.15, 0.2) is 12.1 Å². The number of benzene rings is 1. The van der Waals surface area contributed by atoms with Crippen molar-refractivity contribution in [2.75, 3.05) is 19.8 Å². The van der Waals surface area contributed by atoms with Crippen molar-refractivity contribution < 1.29 is 33.9 Å². The summed E-state index contributed by atoms with van der Waals surface area (Å²) in [5.41, 5.74) is 4.64. The van der Waals surface area contributed by atoms with Crippen molar-refractivity contribution >= 4 is 51.9 Å². The van der Waals surface area contributed by atoms with Crippen LogP contribution in [0.3, 0.4) is 0 Å². The molecule has 0 spiro atoms. The maximum absolute atomic E-state index is 12.7. The minimum Gasteiger partial charge on any atom is -0.492 e. The van der Waals surface area contributed by atoms with Gasteiger partial charge in [-0.2, -0.15) is 0 Å². The monoisotopic (exact) mass is 535 g/mol. The highest BCUT2D eigenvalue weighted by Gasteiger charge is 2.27. The normalized spacial score (nSPS) is 20.5. The van der Waals surface area contributed by atoms with E-state index >= 15 is 0 Å². The summed E-state index contributed by atoms with van der Waals surface area (Å²) in [7, 11) is 0. The maximum atomic E-state index is 12.7. The molecule has 0 aliphatic carbocycles.